The number of nitrogens with zero attached hydrogens (tertiary/aromatic N) is 1. The van der Waals surface area contributed by atoms with Gasteiger partial charge < -0.3 is 20.5 Å². The van der Waals surface area contributed by atoms with E-state index in [4.69, 9.17) is 4.74 Å². The second-order valence-corrected chi connectivity index (χ2v) is 10.3. The number of rotatable bonds is 12. The molecule has 0 saturated carbocycles. The van der Waals surface area contributed by atoms with Crippen molar-refractivity contribution in [3.8, 4) is 11.1 Å². The van der Waals surface area contributed by atoms with Crippen molar-refractivity contribution in [2.45, 2.75) is 50.7 Å². The minimum Gasteiger partial charge on any atom is -0.480 e. The summed E-state index contributed by atoms with van der Waals surface area (Å²) in [7, 11) is 1.84. The Bertz CT molecular complexity index is 1290. The van der Waals surface area contributed by atoms with Crippen LogP contribution in [0.1, 0.15) is 49.3 Å². The number of nitrogens with one attached hydrogen (secondary N) is 2. The summed E-state index contributed by atoms with van der Waals surface area (Å²) < 4.78 is 5.69. The number of hydrogen-bond acceptors (Lipinski definition) is 5. The van der Waals surface area contributed by atoms with E-state index in [2.05, 4.69) is 22.8 Å². The molecule has 0 radical (unpaired) electrons. The van der Waals surface area contributed by atoms with Gasteiger partial charge in [0.25, 0.3) is 0 Å². The van der Waals surface area contributed by atoms with Crippen LogP contribution in [0, 0.1) is 0 Å². The molecule has 3 aromatic rings. The van der Waals surface area contributed by atoms with Crippen molar-refractivity contribution in [1.29, 1.82) is 0 Å². The highest BCUT2D eigenvalue weighted by atomic mass is 16.5. The fourth-order valence-corrected chi connectivity index (χ4v) is 5.35. The zero-order chi connectivity index (χ0) is 28.7. The van der Waals surface area contributed by atoms with Crippen LogP contribution in [0.2, 0.25) is 0 Å². The Kier molecular flexibility index (Phi) is 9.22. The van der Waals surface area contributed by atoms with Crippen LogP contribution in [0.15, 0.2) is 78.9 Å². The van der Waals surface area contributed by atoms with Gasteiger partial charge in [-0.05, 0) is 47.7 Å². The summed E-state index contributed by atoms with van der Waals surface area (Å²) in [5, 5.41) is 15.2. The molecule has 3 N–H and O–H groups in total. The van der Waals surface area contributed by atoms with Crippen LogP contribution in [0.5, 0.6) is 0 Å². The van der Waals surface area contributed by atoms with Crippen LogP contribution < -0.4 is 10.6 Å². The van der Waals surface area contributed by atoms with Crippen molar-refractivity contribution in [1.82, 2.24) is 15.5 Å². The van der Waals surface area contributed by atoms with Crippen LogP contribution in [0.3, 0.4) is 0 Å². The number of likely N-dealkylation sites (N-methyl/N-ethyl adjacent to an activating group) is 1. The predicted molar refractivity (Wildman–Crippen MR) is 154 cm³/mol. The lowest BCUT2D eigenvalue weighted by Gasteiger charge is -2.31. The summed E-state index contributed by atoms with van der Waals surface area (Å²) >= 11 is 0. The number of benzene rings is 3. The summed E-state index contributed by atoms with van der Waals surface area (Å²) in [5.41, 5.74) is 4.05. The molecule has 0 spiro atoms. The van der Waals surface area contributed by atoms with Gasteiger partial charge in [0.15, 0.2) is 0 Å². The lowest BCUT2D eigenvalue weighted by Crippen LogP contribution is -2.60. The molecule has 0 aliphatic heterocycles. The van der Waals surface area contributed by atoms with Crippen LogP contribution in [0.25, 0.3) is 11.1 Å². The third kappa shape index (κ3) is 6.34. The van der Waals surface area contributed by atoms with Gasteiger partial charge in [-0.1, -0.05) is 92.7 Å². The molecule has 210 valence electrons. The topological polar surface area (TPSA) is 108 Å². The molecule has 1 aliphatic carbocycles. The van der Waals surface area contributed by atoms with Crippen LogP contribution >= 0.6 is 0 Å². The first-order valence-corrected chi connectivity index (χ1v) is 13.7. The highest BCUT2D eigenvalue weighted by molar-refractivity contribution is 5.91. The zero-order valence-corrected chi connectivity index (χ0v) is 23.2. The molecule has 4 rings (SSSR count). The Balaban J connectivity index is 1.48. The zero-order valence-electron chi connectivity index (χ0n) is 23.2. The number of amides is 2. The van der Waals surface area contributed by atoms with Gasteiger partial charge in [-0.3, -0.25) is 9.69 Å². The van der Waals surface area contributed by atoms with Gasteiger partial charge in [0.1, 0.15) is 18.2 Å². The average molecular weight is 544 g/mol. The summed E-state index contributed by atoms with van der Waals surface area (Å²) in [6.45, 7) is 4.24. The van der Waals surface area contributed by atoms with Gasteiger partial charge in [-0.15, -0.1) is 0 Å². The summed E-state index contributed by atoms with van der Waals surface area (Å²) in [5.74, 6) is -1.80. The highest BCUT2D eigenvalue weighted by Crippen LogP contribution is 2.44. The lowest BCUT2D eigenvalue weighted by molar-refractivity contribution is -0.148. The molecular weight excluding hydrogens is 506 g/mol. The summed E-state index contributed by atoms with van der Waals surface area (Å²) in [6, 6.07) is 24.9. The number of carboxylic acid groups (broad SMARTS) is 1. The van der Waals surface area contributed by atoms with E-state index in [1.165, 1.54) is 0 Å². The fourth-order valence-electron chi connectivity index (χ4n) is 5.35. The van der Waals surface area contributed by atoms with Crippen LogP contribution in [-0.4, -0.2) is 59.8 Å². The van der Waals surface area contributed by atoms with Crippen molar-refractivity contribution in [3.05, 3.63) is 95.6 Å². The lowest BCUT2D eigenvalue weighted by atomic mass is 9.92. The number of fused-ring (bicyclic) bond motifs is 3. The number of carboxylic acids is 1. The number of carbonyl (C=O) groups excluding carboxylic acids is 2. The summed E-state index contributed by atoms with van der Waals surface area (Å²) in [4.78, 5) is 40.4. The van der Waals surface area contributed by atoms with Gasteiger partial charge in [0.05, 0.1) is 0 Å². The maximum absolute atomic E-state index is 13.4. The standard InChI is InChI=1S/C32H37N3O5/c1-4-32(5-2,30(37)38)34-29(36)28(20-35(3)19-22-13-7-6-8-14-22)33-31(39)40-21-27-25-17-11-9-15-23(25)24-16-10-12-18-26(24)27/h6-18,27-28H,4-5,19-21H2,1-3H3,(H,33,39)(H,34,36)(H,37,38). The number of aliphatic carboxylic acids is 1. The quantitative estimate of drug-likeness (QED) is 0.303. The van der Waals surface area contributed by atoms with E-state index in [0.29, 0.717) is 6.54 Å². The predicted octanol–water partition coefficient (Wildman–Crippen LogP) is 4.79. The maximum Gasteiger partial charge on any atom is 0.407 e. The first kappa shape index (κ1) is 28.8. The Morgan fingerprint density at radius 2 is 1.45 bits per heavy atom. The Labute approximate surface area is 235 Å². The smallest absolute Gasteiger partial charge is 0.407 e. The van der Waals surface area contributed by atoms with Gasteiger partial charge in [0, 0.05) is 19.0 Å². The first-order valence-electron chi connectivity index (χ1n) is 13.7. The number of hydrogen-bond donors (Lipinski definition) is 3. The molecule has 8 nitrogen and oxygen atoms in total. The van der Waals surface area contributed by atoms with Crippen LogP contribution in [0.4, 0.5) is 4.79 Å². The normalized spacial score (nSPS) is 13.3. The SMILES string of the molecule is CCC(CC)(NC(=O)C(CN(C)Cc1ccccc1)NC(=O)OCC1c2ccccc2-c2ccccc21)C(=O)O. The minimum atomic E-state index is -1.42. The van der Waals surface area contributed by atoms with E-state index in [1.54, 1.807) is 13.8 Å². The highest BCUT2D eigenvalue weighted by Gasteiger charge is 2.39. The number of ether oxygens (including phenoxy) is 1. The molecule has 3 aromatic carbocycles. The third-order valence-electron chi connectivity index (χ3n) is 7.72. The molecule has 0 aromatic heterocycles. The Morgan fingerprint density at radius 3 is 2.00 bits per heavy atom. The molecule has 0 fully saturated rings. The van der Waals surface area contributed by atoms with Gasteiger partial charge >= 0.3 is 12.1 Å². The molecule has 0 saturated heterocycles. The van der Waals surface area contributed by atoms with E-state index in [9.17, 15) is 19.5 Å². The van der Waals surface area contributed by atoms with Crippen molar-refractivity contribution in [3.63, 3.8) is 0 Å². The van der Waals surface area contributed by atoms with Gasteiger partial charge in [-0.25, -0.2) is 9.59 Å². The van der Waals surface area contributed by atoms with E-state index in [1.807, 2.05) is 78.7 Å². The molecule has 1 aliphatic rings. The van der Waals surface area contributed by atoms with Crippen molar-refractivity contribution in [2.24, 2.45) is 0 Å². The molecule has 8 heteroatoms. The first-order chi connectivity index (χ1) is 19.3. The third-order valence-corrected chi connectivity index (χ3v) is 7.72. The summed E-state index contributed by atoms with van der Waals surface area (Å²) in [6.07, 6.45) is -0.312. The van der Waals surface area contributed by atoms with Crippen molar-refractivity contribution >= 4 is 18.0 Å². The molecule has 1 unspecified atom stereocenters. The fraction of sp³-hybridized carbons (Fsp3) is 0.344. The monoisotopic (exact) mass is 543 g/mol. The Hall–Kier alpha value is -4.17. The van der Waals surface area contributed by atoms with E-state index < -0.39 is 29.6 Å². The molecule has 0 heterocycles. The molecular formula is C32H37N3O5. The van der Waals surface area contributed by atoms with Crippen molar-refractivity contribution < 1.29 is 24.2 Å². The minimum absolute atomic E-state index is 0.108. The van der Waals surface area contributed by atoms with E-state index in [-0.39, 0.29) is 31.9 Å². The average Bonchev–Trinajstić information content (AvgIpc) is 3.28. The van der Waals surface area contributed by atoms with E-state index >= 15 is 0 Å². The van der Waals surface area contributed by atoms with Crippen molar-refractivity contribution in [2.75, 3.05) is 20.2 Å². The molecule has 0 bridgehead atoms. The van der Waals surface area contributed by atoms with E-state index in [0.717, 1.165) is 27.8 Å². The van der Waals surface area contributed by atoms with Gasteiger partial charge in [0.2, 0.25) is 5.91 Å². The van der Waals surface area contributed by atoms with Gasteiger partial charge in [-0.2, -0.15) is 0 Å². The molecule has 40 heavy (non-hydrogen) atoms. The molecule has 1 atom stereocenters. The second kappa shape index (κ2) is 12.8. The maximum atomic E-state index is 13.4. The Morgan fingerprint density at radius 1 is 0.900 bits per heavy atom. The molecule has 2 amide bonds. The van der Waals surface area contributed by atoms with Crippen LogP contribution in [-0.2, 0) is 20.9 Å². The number of carbonyl (C=O) groups is 3. The largest absolute Gasteiger partial charge is 0.480 e. The number of alkyl carbamates (subject to hydrolysis) is 1. The second-order valence-electron chi connectivity index (χ2n) is 10.3.